The largest absolute Gasteiger partial charge is 0.606 e. The second-order valence-electron chi connectivity index (χ2n) is 5.64. The minimum atomic E-state index is -1.84. The van der Waals surface area contributed by atoms with Crippen molar-refractivity contribution in [3.8, 4) is 0 Å². The Balaban J connectivity index is 1.94. The second kappa shape index (κ2) is 7.91. The summed E-state index contributed by atoms with van der Waals surface area (Å²) in [4.78, 5) is 24.3. The summed E-state index contributed by atoms with van der Waals surface area (Å²) >= 11 is -0.915. The highest BCUT2D eigenvalue weighted by atomic mass is 32.2. The van der Waals surface area contributed by atoms with Crippen LogP contribution in [0.5, 0.6) is 0 Å². The Morgan fingerprint density at radius 2 is 1.78 bits per heavy atom. The zero-order valence-corrected chi connectivity index (χ0v) is 15.8. The summed E-state index contributed by atoms with van der Waals surface area (Å²) in [6.45, 7) is 1.79. The molecule has 0 spiro atoms. The minimum absolute atomic E-state index is 0.00782. The van der Waals surface area contributed by atoms with Crippen molar-refractivity contribution in [2.45, 2.75) is 16.0 Å². The number of nitrogens with two attached hydrogens (primary N) is 1. The zero-order chi connectivity index (χ0) is 19.6. The quantitative estimate of drug-likeness (QED) is 0.637. The van der Waals surface area contributed by atoms with Crippen LogP contribution in [-0.2, 0) is 11.2 Å². The summed E-state index contributed by atoms with van der Waals surface area (Å²) in [5, 5.41) is 2.82. The molecule has 8 heteroatoms. The Morgan fingerprint density at radius 1 is 1.11 bits per heavy atom. The first-order valence-corrected chi connectivity index (χ1v) is 9.82. The lowest BCUT2D eigenvalue weighted by molar-refractivity contribution is 0.100. The molecule has 2 amide bonds. The van der Waals surface area contributed by atoms with Crippen molar-refractivity contribution in [3.05, 3.63) is 77.1 Å². The lowest BCUT2D eigenvalue weighted by Crippen LogP contribution is -2.17. The molecule has 3 aromatic rings. The Morgan fingerprint density at radius 3 is 2.44 bits per heavy atom. The monoisotopic (exact) mass is 402 g/mol. The molecule has 1 unspecified atom stereocenters. The van der Waals surface area contributed by atoms with Crippen molar-refractivity contribution in [3.63, 3.8) is 0 Å². The fraction of sp³-hybridized carbons (Fsp3) is 0.0526. The first kappa shape index (κ1) is 19.1. The summed E-state index contributed by atoms with van der Waals surface area (Å²) < 4.78 is 26.8. The second-order valence-corrected chi connectivity index (χ2v) is 8.37. The van der Waals surface area contributed by atoms with Crippen LogP contribution in [0.4, 0.5) is 9.39 Å². The molecule has 0 saturated carbocycles. The third kappa shape index (κ3) is 4.02. The van der Waals surface area contributed by atoms with Crippen LogP contribution in [0, 0.1) is 12.7 Å². The van der Waals surface area contributed by atoms with Crippen LogP contribution in [0.25, 0.3) is 0 Å². The summed E-state index contributed by atoms with van der Waals surface area (Å²) in [6, 6.07) is 14.0. The van der Waals surface area contributed by atoms with Crippen molar-refractivity contribution in [2.24, 2.45) is 5.73 Å². The average Bonchev–Trinajstić information content (AvgIpc) is 3.06. The van der Waals surface area contributed by atoms with Crippen LogP contribution in [-0.4, -0.2) is 16.4 Å². The molecule has 1 heterocycles. The van der Waals surface area contributed by atoms with Gasteiger partial charge < -0.3 is 15.6 Å². The van der Waals surface area contributed by atoms with Gasteiger partial charge in [-0.25, -0.2) is 4.39 Å². The summed E-state index contributed by atoms with van der Waals surface area (Å²) in [7, 11) is 0. The number of carbonyl (C=O) groups excluding carboxylic acids is 2. The van der Waals surface area contributed by atoms with Gasteiger partial charge in [-0.2, -0.15) is 0 Å². The molecule has 3 N–H and O–H groups in total. The maximum atomic E-state index is 13.9. The Kier molecular flexibility index (Phi) is 5.59. The fourth-order valence-electron chi connectivity index (χ4n) is 2.44. The van der Waals surface area contributed by atoms with E-state index in [1.165, 1.54) is 24.3 Å². The van der Waals surface area contributed by atoms with Gasteiger partial charge in [0, 0.05) is 22.8 Å². The van der Waals surface area contributed by atoms with Crippen molar-refractivity contribution < 1.29 is 18.5 Å². The average molecular weight is 402 g/mol. The van der Waals surface area contributed by atoms with Crippen molar-refractivity contribution in [1.29, 1.82) is 0 Å². The molecule has 138 valence electrons. The zero-order valence-electron chi connectivity index (χ0n) is 14.2. The smallest absolute Gasteiger partial charge is 0.256 e. The maximum absolute atomic E-state index is 13.9. The highest BCUT2D eigenvalue weighted by Crippen LogP contribution is 2.35. The number of anilines is 1. The lowest BCUT2D eigenvalue weighted by Gasteiger charge is -2.08. The molecular weight excluding hydrogens is 387 g/mol. The molecular formula is C19H15FN2O3S2. The standard InChI is InChI=1S/C19H15FN2O3S2/c1-11-6-2-3-7-12(11)18(24)22-19-13(17(21)23)10-16(26-19)27(25)15-9-5-4-8-14(15)20/h2-10H,1H3,(H2,21,23)(H,22,24). The molecule has 5 nitrogen and oxygen atoms in total. The molecule has 0 aliphatic carbocycles. The van der Waals surface area contributed by atoms with E-state index < -0.39 is 28.8 Å². The number of rotatable bonds is 5. The van der Waals surface area contributed by atoms with Gasteiger partial charge in [0.2, 0.25) is 4.21 Å². The van der Waals surface area contributed by atoms with E-state index in [1.54, 1.807) is 31.2 Å². The number of halogens is 1. The fourth-order valence-corrected chi connectivity index (χ4v) is 4.94. The third-order valence-electron chi connectivity index (χ3n) is 3.81. The summed E-state index contributed by atoms with van der Waals surface area (Å²) in [5.74, 6) is -1.81. The summed E-state index contributed by atoms with van der Waals surface area (Å²) in [5.41, 5.74) is 6.62. The van der Waals surface area contributed by atoms with Crippen molar-refractivity contribution in [2.75, 3.05) is 5.32 Å². The van der Waals surface area contributed by atoms with Crippen LogP contribution < -0.4 is 11.1 Å². The minimum Gasteiger partial charge on any atom is -0.606 e. The van der Waals surface area contributed by atoms with Gasteiger partial charge in [-0.3, -0.25) is 9.59 Å². The number of aryl methyl sites for hydroxylation is 1. The van der Waals surface area contributed by atoms with Gasteiger partial charge in [0.25, 0.3) is 11.8 Å². The van der Waals surface area contributed by atoms with Gasteiger partial charge in [-0.1, -0.05) is 41.7 Å². The normalized spacial score (nSPS) is 11.8. The predicted octanol–water partition coefficient (Wildman–Crippen LogP) is 3.71. The molecule has 0 radical (unpaired) electrons. The topological polar surface area (TPSA) is 95.2 Å². The molecule has 0 aliphatic rings. The molecule has 1 atom stereocenters. The molecule has 0 saturated heterocycles. The van der Waals surface area contributed by atoms with Gasteiger partial charge in [0.1, 0.15) is 5.00 Å². The van der Waals surface area contributed by atoms with Crippen molar-refractivity contribution in [1.82, 2.24) is 0 Å². The van der Waals surface area contributed by atoms with Crippen LogP contribution in [0.1, 0.15) is 26.3 Å². The van der Waals surface area contributed by atoms with E-state index in [2.05, 4.69) is 5.32 Å². The summed E-state index contributed by atoms with van der Waals surface area (Å²) in [6.07, 6.45) is 0. The third-order valence-corrected chi connectivity index (χ3v) is 6.57. The number of hydrogen-bond donors (Lipinski definition) is 2. The van der Waals surface area contributed by atoms with Crippen LogP contribution in [0.2, 0.25) is 0 Å². The van der Waals surface area contributed by atoms with Gasteiger partial charge in [0.05, 0.1) is 5.56 Å². The lowest BCUT2D eigenvalue weighted by atomic mass is 10.1. The first-order valence-electron chi connectivity index (χ1n) is 7.85. The maximum Gasteiger partial charge on any atom is 0.256 e. The first-order chi connectivity index (χ1) is 12.9. The van der Waals surface area contributed by atoms with Gasteiger partial charge in [0.15, 0.2) is 10.7 Å². The van der Waals surface area contributed by atoms with E-state index in [0.717, 1.165) is 16.9 Å². The molecule has 1 aromatic heterocycles. The molecule has 2 aromatic carbocycles. The Labute approximate surface area is 162 Å². The van der Waals surface area contributed by atoms with E-state index in [1.807, 2.05) is 6.07 Å². The molecule has 0 aliphatic heterocycles. The van der Waals surface area contributed by atoms with Crippen LogP contribution in [0.15, 0.2) is 63.7 Å². The number of amides is 2. The number of primary amides is 1. The van der Waals surface area contributed by atoms with Crippen molar-refractivity contribution >= 4 is 39.3 Å². The predicted molar refractivity (Wildman–Crippen MR) is 103 cm³/mol. The number of hydrogen-bond acceptors (Lipinski definition) is 4. The number of thiophene rings is 1. The van der Waals surface area contributed by atoms with Gasteiger partial charge >= 0.3 is 0 Å². The van der Waals surface area contributed by atoms with E-state index >= 15 is 0 Å². The van der Waals surface area contributed by atoms with E-state index in [4.69, 9.17) is 5.73 Å². The van der Waals surface area contributed by atoms with E-state index in [-0.39, 0.29) is 19.7 Å². The number of nitrogens with one attached hydrogen (secondary N) is 1. The number of benzene rings is 2. The SMILES string of the molecule is Cc1ccccc1C(=O)Nc1sc([S+]([O-])c2ccccc2F)cc1C(N)=O. The Hall–Kier alpha value is -2.68. The van der Waals surface area contributed by atoms with Gasteiger partial charge in [-0.05, 0) is 30.7 Å². The Bertz CT molecular complexity index is 1020. The highest BCUT2D eigenvalue weighted by molar-refractivity contribution is 7.93. The van der Waals surface area contributed by atoms with E-state index in [0.29, 0.717) is 5.56 Å². The van der Waals surface area contributed by atoms with Crippen LogP contribution >= 0.6 is 11.3 Å². The molecule has 3 rings (SSSR count). The molecule has 0 bridgehead atoms. The molecule has 0 fully saturated rings. The number of carbonyl (C=O) groups is 2. The van der Waals surface area contributed by atoms with Gasteiger partial charge in [-0.15, -0.1) is 0 Å². The highest BCUT2D eigenvalue weighted by Gasteiger charge is 2.26. The molecule has 27 heavy (non-hydrogen) atoms. The van der Waals surface area contributed by atoms with Crippen LogP contribution in [0.3, 0.4) is 0 Å². The van der Waals surface area contributed by atoms with E-state index in [9.17, 15) is 18.5 Å².